The maximum absolute atomic E-state index is 13.7. The predicted octanol–water partition coefficient (Wildman–Crippen LogP) is 5.94. The van der Waals surface area contributed by atoms with E-state index in [1.807, 2.05) is 28.8 Å². The third-order valence-electron chi connectivity index (χ3n) is 6.21. The molecule has 2 aliphatic carbocycles. The number of thiophene rings is 1. The Bertz CT molecular complexity index is 1140. The van der Waals surface area contributed by atoms with Crippen LogP contribution in [0, 0.1) is 0 Å². The fraction of sp³-hybridized carbons (Fsp3) is 0.435. The lowest BCUT2D eigenvalue weighted by Crippen LogP contribution is -2.29. The van der Waals surface area contributed by atoms with Gasteiger partial charge in [0.1, 0.15) is 4.83 Å². The SMILES string of the molecule is O=c1c2c3c(sc2nc(N/N=C/c2ccc(Cl)cc2)n1C1CCCCC1)CCCC3. The monoisotopic (exact) mass is 440 g/mol. The molecule has 5 rings (SSSR count). The van der Waals surface area contributed by atoms with Crippen molar-refractivity contribution >= 4 is 45.3 Å². The minimum absolute atomic E-state index is 0.107. The number of rotatable bonds is 4. The zero-order valence-electron chi connectivity index (χ0n) is 16.9. The zero-order valence-corrected chi connectivity index (χ0v) is 18.4. The van der Waals surface area contributed by atoms with Gasteiger partial charge < -0.3 is 0 Å². The second-order valence-corrected chi connectivity index (χ2v) is 9.74. The first-order chi connectivity index (χ1) is 14.7. The number of anilines is 1. The molecule has 30 heavy (non-hydrogen) atoms. The van der Waals surface area contributed by atoms with E-state index in [2.05, 4.69) is 10.5 Å². The number of aryl methyl sites for hydroxylation is 2. The first-order valence-corrected chi connectivity index (χ1v) is 12.0. The van der Waals surface area contributed by atoms with Crippen LogP contribution in [0.4, 0.5) is 5.95 Å². The number of nitrogens with zero attached hydrogens (tertiary/aromatic N) is 3. The van der Waals surface area contributed by atoms with Gasteiger partial charge in [-0.25, -0.2) is 10.4 Å². The van der Waals surface area contributed by atoms with E-state index in [9.17, 15) is 4.79 Å². The minimum Gasteiger partial charge on any atom is -0.274 e. The Morgan fingerprint density at radius 2 is 1.87 bits per heavy atom. The summed E-state index contributed by atoms with van der Waals surface area (Å²) in [7, 11) is 0. The fourth-order valence-corrected chi connectivity index (χ4v) is 6.07. The summed E-state index contributed by atoms with van der Waals surface area (Å²) in [6.45, 7) is 0. The van der Waals surface area contributed by atoms with Crippen molar-refractivity contribution in [2.45, 2.75) is 63.8 Å². The molecule has 0 radical (unpaired) electrons. The Hall–Kier alpha value is -2.18. The van der Waals surface area contributed by atoms with Crippen molar-refractivity contribution < 1.29 is 0 Å². The van der Waals surface area contributed by atoms with Gasteiger partial charge in [0.05, 0.1) is 11.6 Å². The van der Waals surface area contributed by atoms with Crippen molar-refractivity contribution in [3.05, 3.63) is 55.6 Å². The van der Waals surface area contributed by atoms with E-state index >= 15 is 0 Å². The number of aromatic nitrogens is 2. The van der Waals surface area contributed by atoms with Crippen LogP contribution in [0.15, 0.2) is 34.2 Å². The molecule has 2 aliphatic rings. The van der Waals surface area contributed by atoms with Crippen LogP contribution >= 0.6 is 22.9 Å². The Balaban J connectivity index is 1.56. The molecule has 0 atom stereocenters. The zero-order chi connectivity index (χ0) is 20.5. The summed E-state index contributed by atoms with van der Waals surface area (Å²) in [6.07, 6.45) is 11.8. The van der Waals surface area contributed by atoms with Gasteiger partial charge in [-0.2, -0.15) is 5.10 Å². The fourth-order valence-electron chi connectivity index (χ4n) is 4.69. The Morgan fingerprint density at radius 1 is 1.10 bits per heavy atom. The van der Waals surface area contributed by atoms with Gasteiger partial charge in [-0.1, -0.05) is 43.0 Å². The van der Waals surface area contributed by atoms with Crippen LogP contribution in [0.5, 0.6) is 0 Å². The molecule has 0 saturated heterocycles. The molecule has 5 nitrogen and oxygen atoms in total. The van der Waals surface area contributed by atoms with Crippen LogP contribution in [0.2, 0.25) is 5.02 Å². The van der Waals surface area contributed by atoms with Gasteiger partial charge in [-0.15, -0.1) is 11.3 Å². The molecule has 0 spiro atoms. The summed E-state index contributed by atoms with van der Waals surface area (Å²) >= 11 is 7.64. The van der Waals surface area contributed by atoms with E-state index in [0.29, 0.717) is 11.0 Å². The Labute approximate surface area is 184 Å². The lowest BCUT2D eigenvalue weighted by Gasteiger charge is -2.25. The van der Waals surface area contributed by atoms with E-state index in [4.69, 9.17) is 16.6 Å². The van der Waals surface area contributed by atoms with Gasteiger partial charge in [0.2, 0.25) is 5.95 Å². The van der Waals surface area contributed by atoms with Crippen LogP contribution in [-0.2, 0) is 12.8 Å². The van der Waals surface area contributed by atoms with Gasteiger partial charge in [-0.3, -0.25) is 9.36 Å². The first-order valence-electron chi connectivity index (χ1n) is 10.8. The third kappa shape index (κ3) is 3.79. The van der Waals surface area contributed by atoms with Crippen LogP contribution in [0.25, 0.3) is 10.2 Å². The highest BCUT2D eigenvalue weighted by Gasteiger charge is 2.26. The molecule has 1 fully saturated rings. The molecular formula is C23H25ClN4OS. The number of hydrogen-bond acceptors (Lipinski definition) is 5. The molecule has 2 heterocycles. The molecule has 0 amide bonds. The smallest absolute Gasteiger partial charge is 0.264 e. The average Bonchev–Trinajstić information content (AvgIpc) is 3.14. The summed E-state index contributed by atoms with van der Waals surface area (Å²) in [4.78, 5) is 20.8. The van der Waals surface area contributed by atoms with Crippen LogP contribution < -0.4 is 11.0 Å². The third-order valence-corrected chi connectivity index (χ3v) is 7.65. The molecule has 1 saturated carbocycles. The van der Waals surface area contributed by atoms with Crippen molar-refractivity contribution in [2.75, 3.05) is 5.43 Å². The van der Waals surface area contributed by atoms with E-state index in [-0.39, 0.29) is 11.6 Å². The summed E-state index contributed by atoms with van der Waals surface area (Å²) < 4.78 is 1.89. The summed E-state index contributed by atoms with van der Waals surface area (Å²) in [5, 5.41) is 5.94. The Morgan fingerprint density at radius 3 is 2.67 bits per heavy atom. The van der Waals surface area contributed by atoms with Gasteiger partial charge >= 0.3 is 0 Å². The maximum atomic E-state index is 13.7. The van der Waals surface area contributed by atoms with Gasteiger partial charge in [0, 0.05) is 15.9 Å². The predicted molar refractivity (Wildman–Crippen MR) is 125 cm³/mol. The molecule has 1 aromatic carbocycles. The number of fused-ring (bicyclic) bond motifs is 3. The summed E-state index contributed by atoms with van der Waals surface area (Å²) in [5.41, 5.74) is 5.37. The van der Waals surface area contributed by atoms with Crippen molar-refractivity contribution in [1.82, 2.24) is 9.55 Å². The number of hydrogen-bond donors (Lipinski definition) is 1. The molecule has 0 unspecified atom stereocenters. The standard InChI is InChI=1S/C23H25ClN4OS/c24-16-12-10-15(11-13-16)14-25-27-23-26-21-20(18-8-4-5-9-19(18)30-21)22(29)28(23)17-6-2-1-3-7-17/h10-14,17H,1-9H2,(H,26,27)/b25-14+. The number of halogens is 1. The number of hydrazone groups is 1. The number of benzene rings is 1. The van der Waals surface area contributed by atoms with Gasteiger partial charge in [0.15, 0.2) is 0 Å². The second kappa shape index (κ2) is 8.52. The summed E-state index contributed by atoms with van der Waals surface area (Å²) in [5.74, 6) is 0.559. The number of nitrogens with one attached hydrogen (secondary N) is 1. The van der Waals surface area contributed by atoms with Gasteiger partial charge in [-0.05, 0) is 61.8 Å². The maximum Gasteiger partial charge on any atom is 0.264 e. The molecule has 156 valence electrons. The topological polar surface area (TPSA) is 59.3 Å². The van der Waals surface area contributed by atoms with E-state index < -0.39 is 0 Å². The van der Waals surface area contributed by atoms with Crippen molar-refractivity contribution in [2.24, 2.45) is 5.10 Å². The second-order valence-electron chi connectivity index (χ2n) is 8.22. The van der Waals surface area contributed by atoms with Crippen molar-refractivity contribution in [3.63, 3.8) is 0 Å². The molecule has 0 aliphatic heterocycles. The van der Waals surface area contributed by atoms with Crippen molar-refractivity contribution in [1.29, 1.82) is 0 Å². The van der Waals surface area contributed by atoms with E-state index in [1.54, 1.807) is 17.6 Å². The lowest BCUT2D eigenvalue weighted by atomic mass is 9.94. The molecular weight excluding hydrogens is 416 g/mol. The largest absolute Gasteiger partial charge is 0.274 e. The quantitative estimate of drug-likeness (QED) is 0.403. The lowest BCUT2D eigenvalue weighted by molar-refractivity contribution is 0.348. The van der Waals surface area contributed by atoms with Crippen LogP contribution in [0.1, 0.15) is 67.0 Å². The highest BCUT2D eigenvalue weighted by atomic mass is 35.5. The molecule has 3 aromatic rings. The highest BCUT2D eigenvalue weighted by molar-refractivity contribution is 7.18. The van der Waals surface area contributed by atoms with Crippen molar-refractivity contribution in [3.8, 4) is 0 Å². The van der Waals surface area contributed by atoms with E-state index in [1.165, 1.54) is 23.3 Å². The molecule has 1 N–H and O–H groups in total. The molecule has 7 heteroatoms. The Kier molecular flexibility index (Phi) is 5.61. The van der Waals surface area contributed by atoms with Crippen LogP contribution in [0.3, 0.4) is 0 Å². The van der Waals surface area contributed by atoms with E-state index in [0.717, 1.165) is 60.7 Å². The van der Waals surface area contributed by atoms with Gasteiger partial charge in [0.25, 0.3) is 5.56 Å². The molecule has 0 bridgehead atoms. The molecule has 2 aromatic heterocycles. The first kappa shape index (κ1) is 19.8. The average molecular weight is 441 g/mol. The minimum atomic E-state index is 0.107. The highest BCUT2D eigenvalue weighted by Crippen LogP contribution is 2.36. The normalized spacial score (nSPS) is 17.5. The van der Waals surface area contributed by atoms with Crippen LogP contribution in [-0.4, -0.2) is 15.8 Å². The summed E-state index contributed by atoms with van der Waals surface area (Å²) in [6, 6.07) is 7.68.